The Bertz CT molecular complexity index is 658. The first-order valence-corrected chi connectivity index (χ1v) is 7.75. The zero-order valence-corrected chi connectivity index (χ0v) is 13.7. The van der Waals surface area contributed by atoms with E-state index < -0.39 is 0 Å². The maximum Gasteiger partial charge on any atom is 0.0628 e. The van der Waals surface area contributed by atoms with Crippen molar-refractivity contribution in [1.29, 1.82) is 0 Å². The van der Waals surface area contributed by atoms with Gasteiger partial charge in [-0.3, -0.25) is 4.98 Å². The summed E-state index contributed by atoms with van der Waals surface area (Å²) < 4.78 is 3.33. The van der Waals surface area contributed by atoms with Crippen molar-refractivity contribution in [2.75, 3.05) is 0 Å². The maximum atomic E-state index is 6.38. The van der Waals surface area contributed by atoms with Gasteiger partial charge in [0.25, 0.3) is 0 Å². The molecule has 4 heteroatoms. The summed E-state index contributed by atoms with van der Waals surface area (Å²) in [6, 6.07) is 4.42. The van der Waals surface area contributed by atoms with Crippen molar-refractivity contribution in [1.82, 2.24) is 9.55 Å². The van der Waals surface area contributed by atoms with Crippen LogP contribution < -0.4 is 5.73 Å². The fourth-order valence-electron chi connectivity index (χ4n) is 3.33. The van der Waals surface area contributed by atoms with Crippen molar-refractivity contribution in [3.63, 3.8) is 0 Å². The van der Waals surface area contributed by atoms with Gasteiger partial charge in [0.05, 0.1) is 10.2 Å². The molecule has 0 aliphatic heterocycles. The number of nitrogens with two attached hydrogens (primary N) is 1. The van der Waals surface area contributed by atoms with Crippen LogP contribution in [0.1, 0.15) is 43.3 Å². The standard InChI is InChI=1S/C16H20BrN3/c1-10-6-11-13(18)7-16(2,3)8-15(11)20(10)14-4-5-19-9-12(14)17/h4-6,9,13H,7-8,18H2,1-3H3. The molecular weight excluding hydrogens is 314 g/mol. The molecule has 0 aromatic carbocycles. The van der Waals surface area contributed by atoms with Crippen LogP contribution in [0, 0.1) is 12.3 Å². The zero-order valence-electron chi connectivity index (χ0n) is 12.2. The molecule has 0 saturated carbocycles. The monoisotopic (exact) mass is 333 g/mol. The van der Waals surface area contributed by atoms with E-state index in [-0.39, 0.29) is 11.5 Å². The van der Waals surface area contributed by atoms with Crippen LogP contribution in [-0.4, -0.2) is 9.55 Å². The van der Waals surface area contributed by atoms with Gasteiger partial charge >= 0.3 is 0 Å². The van der Waals surface area contributed by atoms with Crippen LogP contribution in [0.4, 0.5) is 0 Å². The Kier molecular flexibility index (Phi) is 3.26. The highest BCUT2D eigenvalue weighted by molar-refractivity contribution is 9.10. The van der Waals surface area contributed by atoms with E-state index in [0.717, 1.165) is 23.0 Å². The van der Waals surface area contributed by atoms with Crippen molar-refractivity contribution in [3.05, 3.63) is 46.0 Å². The van der Waals surface area contributed by atoms with E-state index in [1.165, 1.54) is 17.0 Å². The largest absolute Gasteiger partial charge is 0.324 e. The molecule has 0 amide bonds. The summed E-state index contributed by atoms with van der Waals surface area (Å²) in [7, 11) is 0. The number of nitrogens with zero attached hydrogens (tertiary/aromatic N) is 2. The number of aromatic nitrogens is 2. The molecule has 1 unspecified atom stereocenters. The first kappa shape index (κ1) is 13.8. The van der Waals surface area contributed by atoms with Crippen LogP contribution in [0.15, 0.2) is 29.0 Å². The number of rotatable bonds is 1. The minimum absolute atomic E-state index is 0.134. The van der Waals surface area contributed by atoms with Crippen molar-refractivity contribution in [2.45, 2.75) is 39.7 Å². The highest BCUT2D eigenvalue weighted by Crippen LogP contribution is 2.42. The fraction of sp³-hybridized carbons (Fsp3) is 0.438. The summed E-state index contributed by atoms with van der Waals surface area (Å²) in [5.74, 6) is 0. The van der Waals surface area contributed by atoms with Gasteiger partial charge in [-0.15, -0.1) is 0 Å². The molecule has 2 heterocycles. The average molecular weight is 334 g/mol. The van der Waals surface area contributed by atoms with Gasteiger partial charge in [0, 0.05) is 29.8 Å². The first-order valence-electron chi connectivity index (χ1n) is 6.96. The third-order valence-corrected chi connectivity index (χ3v) is 4.74. The summed E-state index contributed by atoms with van der Waals surface area (Å²) in [4.78, 5) is 4.16. The van der Waals surface area contributed by atoms with E-state index in [9.17, 15) is 0 Å². The van der Waals surface area contributed by atoms with Gasteiger partial charge in [-0.2, -0.15) is 0 Å². The molecule has 0 fully saturated rings. The zero-order chi connectivity index (χ0) is 14.5. The van der Waals surface area contributed by atoms with Crippen LogP contribution in [0.2, 0.25) is 0 Å². The highest BCUT2D eigenvalue weighted by Gasteiger charge is 2.33. The summed E-state index contributed by atoms with van der Waals surface area (Å²) in [5.41, 5.74) is 11.6. The Balaban J connectivity index is 2.22. The van der Waals surface area contributed by atoms with Crippen molar-refractivity contribution < 1.29 is 0 Å². The maximum absolute atomic E-state index is 6.38. The lowest BCUT2D eigenvalue weighted by Gasteiger charge is -2.34. The molecule has 0 spiro atoms. The second-order valence-corrected chi connectivity index (χ2v) is 7.36. The molecule has 3 rings (SSSR count). The number of pyridine rings is 1. The summed E-state index contributed by atoms with van der Waals surface area (Å²) >= 11 is 3.61. The predicted molar refractivity (Wildman–Crippen MR) is 85.0 cm³/mol. The summed E-state index contributed by atoms with van der Waals surface area (Å²) in [6.45, 7) is 6.74. The molecule has 0 radical (unpaired) electrons. The average Bonchev–Trinajstić information content (AvgIpc) is 2.66. The minimum atomic E-state index is 0.134. The third kappa shape index (κ3) is 2.21. The van der Waals surface area contributed by atoms with E-state index in [1.54, 1.807) is 0 Å². The second-order valence-electron chi connectivity index (χ2n) is 6.50. The SMILES string of the molecule is Cc1cc2c(n1-c1ccncc1Br)CC(C)(C)CC2N. The van der Waals surface area contributed by atoms with Crippen molar-refractivity contribution in [3.8, 4) is 5.69 Å². The number of fused-ring (bicyclic) bond motifs is 1. The number of halogens is 1. The Morgan fingerprint density at radius 1 is 1.45 bits per heavy atom. The van der Waals surface area contributed by atoms with Gasteiger partial charge in [0.1, 0.15) is 0 Å². The van der Waals surface area contributed by atoms with E-state index in [1.807, 2.05) is 18.5 Å². The molecule has 0 saturated heterocycles. The molecule has 106 valence electrons. The Morgan fingerprint density at radius 2 is 2.20 bits per heavy atom. The molecule has 1 aliphatic rings. The molecule has 1 atom stereocenters. The molecule has 20 heavy (non-hydrogen) atoms. The number of hydrogen-bond acceptors (Lipinski definition) is 2. The van der Waals surface area contributed by atoms with E-state index in [2.05, 4.69) is 52.3 Å². The first-order chi connectivity index (χ1) is 9.39. The number of hydrogen-bond donors (Lipinski definition) is 1. The van der Waals surface area contributed by atoms with Gasteiger partial charge in [0.15, 0.2) is 0 Å². The van der Waals surface area contributed by atoms with Gasteiger partial charge in [-0.25, -0.2) is 0 Å². The molecule has 2 aromatic heterocycles. The smallest absolute Gasteiger partial charge is 0.0628 e. The lowest BCUT2D eigenvalue weighted by Crippen LogP contribution is -2.30. The molecule has 2 aromatic rings. The Hall–Kier alpha value is -1.13. The number of aryl methyl sites for hydroxylation is 1. The van der Waals surface area contributed by atoms with Crippen molar-refractivity contribution >= 4 is 15.9 Å². The quantitative estimate of drug-likeness (QED) is 0.859. The molecule has 1 aliphatic carbocycles. The molecule has 2 N–H and O–H groups in total. The van der Waals surface area contributed by atoms with Crippen LogP contribution in [0.5, 0.6) is 0 Å². The van der Waals surface area contributed by atoms with Gasteiger partial charge in [-0.05, 0) is 58.8 Å². The lowest BCUT2D eigenvalue weighted by molar-refractivity contribution is 0.278. The van der Waals surface area contributed by atoms with E-state index in [0.29, 0.717) is 0 Å². The van der Waals surface area contributed by atoms with Gasteiger partial charge in [0.2, 0.25) is 0 Å². The Morgan fingerprint density at radius 3 is 2.90 bits per heavy atom. The van der Waals surface area contributed by atoms with Crippen LogP contribution in [-0.2, 0) is 6.42 Å². The summed E-state index contributed by atoms with van der Waals surface area (Å²) in [5, 5.41) is 0. The van der Waals surface area contributed by atoms with E-state index >= 15 is 0 Å². The Labute approximate surface area is 128 Å². The molecular formula is C16H20BrN3. The topological polar surface area (TPSA) is 43.8 Å². The summed E-state index contributed by atoms with van der Waals surface area (Å²) in [6.07, 6.45) is 5.77. The second kappa shape index (κ2) is 4.71. The van der Waals surface area contributed by atoms with Gasteiger partial charge < -0.3 is 10.3 Å². The minimum Gasteiger partial charge on any atom is -0.324 e. The normalized spacial score (nSPS) is 20.8. The van der Waals surface area contributed by atoms with Crippen LogP contribution >= 0.6 is 15.9 Å². The van der Waals surface area contributed by atoms with Crippen molar-refractivity contribution in [2.24, 2.45) is 11.1 Å². The third-order valence-electron chi connectivity index (χ3n) is 4.13. The lowest BCUT2D eigenvalue weighted by atomic mass is 9.74. The van der Waals surface area contributed by atoms with Crippen LogP contribution in [0.25, 0.3) is 5.69 Å². The predicted octanol–water partition coefficient (Wildman–Crippen LogP) is 3.92. The molecule has 0 bridgehead atoms. The van der Waals surface area contributed by atoms with Crippen LogP contribution in [0.3, 0.4) is 0 Å². The molecule has 3 nitrogen and oxygen atoms in total. The van der Waals surface area contributed by atoms with E-state index in [4.69, 9.17) is 5.73 Å². The highest BCUT2D eigenvalue weighted by atomic mass is 79.9. The van der Waals surface area contributed by atoms with Gasteiger partial charge in [-0.1, -0.05) is 13.8 Å². The fourth-order valence-corrected chi connectivity index (χ4v) is 3.76.